The van der Waals surface area contributed by atoms with Crippen LogP contribution in [0.4, 0.5) is 5.69 Å². The van der Waals surface area contributed by atoms with Gasteiger partial charge in [-0.05, 0) is 59.5 Å². The molecule has 1 aliphatic heterocycles. The fourth-order valence-corrected chi connectivity index (χ4v) is 4.69. The topological polar surface area (TPSA) is 70.1 Å². The summed E-state index contributed by atoms with van der Waals surface area (Å²) in [5.74, 6) is 0.171. The predicted octanol–water partition coefficient (Wildman–Crippen LogP) is 4.82. The first-order valence-electron chi connectivity index (χ1n) is 8.35. The summed E-state index contributed by atoms with van der Waals surface area (Å²) in [6, 6.07) is 12.0. The summed E-state index contributed by atoms with van der Waals surface area (Å²) in [4.78, 5) is 14.8. The number of ketones is 1. The molecule has 1 aromatic carbocycles. The SMILES string of the molecule is N#CC1=C(N)N(c2ccc(Br)cc2)C2=C(C(=O)CCC2)C1c1ccsc1. The average molecular weight is 426 g/mol. The number of nitriles is 1. The molecule has 0 fully saturated rings. The lowest BCUT2D eigenvalue weighted by Gasteiger charge is -2.39. The minimum Gasteiger partial charge on any atom is -0.384 e. The molecule has 0 radical (unpaired) electrons. The lowest BCUT2D eigenvalue weighted by Crippen LogP contribution is -2.38. The van der Waals surface area contributed by atoms with Crippen LogP contribution in [0.2, 0.25) is 0 Å². The third kappa shape index (κ3) is 2.68. The zero-order chi connectivity index (χ0) is 18.3. The van der Waals surface area contributed by atoms with E-state index in [2.05, 4.69) is 22.0 Å². The van der Waals surface area contributed by atoms with E-state index in [0.29, 0.717) is 17.8 Å². The standard InChI is InChI=1S/C20H16BrN3OS/c21-13-4-6-14(7-5-13)24-16-2-1-3-17(25)19(16)18(12-8-9-26-11-12)15(10-22)20(24)23/h4-9,11,18H,1-3,23H2. The number of carbonyl (C=O) groups is 1. The van der Waals surface area contributed by atoms with E-state index in [4.69, 9.17) is 5.73 Å². The van der Waals surface area contributed by atoms with Crippen molar-refractivity contribution in [1.29, 1.82) is 5.26 Å². The molecule has 2 N–H and O–H groups in total. The van der Waals surface area contributed by atoms with Crippen LogP contribution in [0.3, 0.4) is 0 Å². The number of thiophene rings is 1. The number of hydrogen-bond acceptors (Lipinski definition) is 5. The maximum absolute atomic E-state index is 12.9. The molecule has 2 aliphatic rings. The van der Waals surface area contributed by atoms with Gasteiger partial charge in [-0.15, -0.1) is 0 Å². The molecule has 2 heterocycles. The smallest absolute Gasteiger partial charge is 0.161 e. The Bertz CT molecular complexity index is 967. The van der Waals surface area contributed by atoms with E-state index in [1.165, 1.54) is 0 Å². The van der Waals surface area contributed by atoms with Crippen molar-refractivity contribution in [3.63, 3.8) is 0 Å². The van der Waals surface area contributed by atoms with E-state index in [1.54, 1.807) is 11.3 Å². The van der Waals surface area contributed by atoms with E-state index in [1.807, 2.05) is 46.0 Å². The quantitative estimate of drug-likeness (QED) is 0.748. The van der Waals surface area contributed by atoms with E-state index >= 15 is 0 Å². The third-order valence-corrected chi connectivity index (χ3v) is 6.10. The number of carbonyl (C=O) groups excluding carboxylic acids is 1. The number of benzene rings is 1. The minimum absolute atomic E-state index is 0.116. The fraction of sp³-hybridized carbons (Fsp3) is 0.200. The molecule has 4 rings (SSSR count). The summed E-state index contributed by atoms with van der Waals surface area (Å²) in [5.41, 5.74) is 10.4. The molecule has 0 amide bonds. The number of rotatable bonds is 2. The van der Waals surface area contributed by atoms with E-state index in [0.717, 1.165) is 39.8 Å². The molecule has 0 spiro atoms. The van der Waals surface area contributed by atoms with Crippen molar-refractivity contribution in [3.8, 4) is 6.07 Å². The van der Waals surface area contributed by atoms with Crippen molar-refractivity contribution >= 4 is 38.7 Å². The molecule has 2 aromatic rings. The summed E-state index contributed by atoms with van der Waals surface area (Å²) >= 11 is 5.01. The lowest BCUT2D eigenvalue weighted by molar-refractivity contribution is -0.116. The predicted molar refractivity (Wildman–Crippen MR) is 106 cm³/mol. The van der Waals surface area contributed by atoms with Gasteiger partial charge in [-0.3, -0.25) is 9.69 Å². The van der Waals surface area contributed by atoms with Crippen molar-refractivity contribution in [2.45, 2.75) is 25.2 Å². The Hall–Kier alpha value is -2.36. The van der Waals surface area contributed by atoms with Crippen LogP contribution in [-0.2, 0) is 4.79 Å². The highest BCUT2D eigenvalue weighted by Crippen LogP contribution is 2.46. The van der Waals surface area contributed by atoms with E-state index in [-0.39, 0.29) is 11.7 Å². The van der Waals surface area contributed by atoms with Crippen LogP contribution >= 0.6 is 27.3 Å². The molecule has 1 aliphatic carbocycles. The number of anilines is 1. The van der Waals surface area contributed by atoms with Crippen molar-refractivity contribution in [3.05, 3.63) is 73.8 Å². The first-order chi connectivity index (χ1) is 12.6. The van der Waals surface area contributed by atoms with Crippen LogP contribution in [0.5, 0.6) is 0 Å². The summed E-state index contributed by atoms with van der Waals surface area (Å²) in [5, 5.41) is 13.8. The van der Waals surface area contributed by atoms with Crippen LogP contribution in [0.25, 0.3) is 0 Å². The molecule has 1 unspecified atom stereocenters. The number of nitrogens with two attached hydrogens (primary N) is 1. The molecular weight excluding hydrogens is 410 g/mol. The highest BCUT2D eigenvalue weighted by molar-refractivity contribution is 9.10. The second-order valence-corrected chi connectivity index (χ2v) is 8.05. The van der Waals surface area contributed by atoms with Crippen molar-refractivity contribution < 1.29 is 4.79 Å². The Labute approximate surface area is 164 Å². The van der Waals surface area contributed by atoms with Gasteiger partial charge in [-0.25, -0.2) is 0 Å². The fourth-order valence-electron chi connectivity index (χ4n) is 3.74. The van der Waals surface area contributed by atoms with Gasteiger partial charge in [0, 0.05) is 27.9 Å². The number of hydrogen-bond donors (Lipinski definition) is 1. The third-order valence-electron chi connectivity index (χ3n) is 4.87. The Balaban J connectivity index is 1.96. The Kier molecular flexibility index (Phi) is 4.43. The van der Waals surface area contributed by atoms with Crippen LogP contribution in [-0.4, -0.2) is 5.78 Å². The second kappa shape index (κ2) is 6.75. The number of halogens is 1. The van der Waals surface area contributed by atoms with Gasteiger partial charge in [0.25, 0.3) is 0 Å². The summed E-state index contributed by atoms with van der Waals surface area (Å²) < 4.78 is 0.964. The molecule has 0 saturated heterocycles. The minimum atomic E-state index is -0.360. The summed E-state index contributed by atoms with van der Waals surface area (Å²) in [6.45, 7) is 0. The van der Waals surface area contributed by atoms with E-state index in [9.17, 15) is 10.1 Å². The molecule has 1 atom stereocenters. The monoisotopic (exact) mass is 425 g/mol. The van der Waals surface area contributed by atoms with Crippen LogP contribution in [0.15, 0.2) is 68.2 Å². The maximum atomic E-state index is 12.9. The van der Waals surface area contributed by atoms with Crippen LogP contribution in [0.1, 0.15) is 30.7 Å². The van der Waals surface area contributed by atoms with Crippen molar-refractivity contribution in [2.24, 2.45) is 5.73 Å². The Morgan fingerprint density at radius 2 is 2.00 bits per heavy atom. The molecular formula is C20H16BrN3OS. The number of nitrogens with zero attached hydrogens (tertiary/aromatic N) is 2. The highest BCUT2D eigenvalue weighted by atomic mass is 79.9. The van der Waals surface area contributed by atoms with Crippen molar-refractivity contribution in [2.75, 3.05) is 4.90 Å². The van der Waals surface area contributed by atoms with Crippen LogP contribution < -0.4 is 10.6 Å². The largest absolute Gasteiger partial charge is 0.384 e. The van der Waals surface area contributed by atoms with Gasteiger partial charge >= 0.3 is 0 Å². The molecule has 1 aromatic heterocycles. The zero-order valence-corrected chi connectivity index (χ0v) is 16.3. The van der Waals surface area contributed by atoms with Gasteiger partial charge < -0.3 is 5.73 Å². The number of allylic oxidation sites excluding steroid dienone is 3. The molecule has 4 nitrogen and oxygen atoms in total. The van der Waals surface area contributed by atoms with Gasteiger partial charge in [0.15, 0.2) is 5.78 Å². The molecule has 26 heavy (non-hydrogen) atoms. The van der Waals surface area contributed by atoms with Gasteiger partial charge in [-0.2, -0.15) is 16.6 Å². The summed E-state index contributed by atoms with van der Waals surface area (Å²) in [6.07, 6.45) is 2.10. The lowest BCUT2D eigenvalue weighted by atomic mass is 9.76. The first kappa shape index (κ1) is 17.1. The Morgan fingerprint density at radius 1 is 1.23 bits per heavy atom. The zero-order valence-electron chi connectivity index (χ0n) is 13.9. The average Bonchev–Trinajstić information content (AvgIpc) is 3.16. The van der Waals surface area contributed by atoms with Gasteiger partial charge in [0.05, 0.1) is 17.6 Å². The van der Waals surface area contributed by atoms with Gasteiger partial charge in [0.2, 0.25) is 0 Å². The molecule has 0 saturated carbocycles. The summed E-state index contributed by atoms with van der Waals surface area (Å²) in [7, 11) is 0. The van der Waals surface area contributed by atoms with Crippen molar-refractivity contribution in [1.82, 2.24) is 0 Å². The Morgan fingerprint density at radius 3 is 2.65 bits per heavy atom. The number of Topliss-reactive ketones (excluding diaryl/α,β-unsaturated/α-hetero) is 1. The molecule has 0 bridgehead atoms. The van der Waals surface area contributed by atoms with Crippen LogP contribution in [0, 0.1) is 11.3 Å². The van der Waals surface area contributed by atoms with Gasteiger partial charge in [-0.1, -0.05) is 15.9 Å². The second-order valence-electron chi connectivity index (χ2n) is 6.35. The highest BCUT2D eigenvalue weighted by Gasteiger charge is 2.40. The molecule has 130 valence electrons. The molecule has 6 heteroatoms. The normalized spacial score (nSPS) is 20.2. The van der Waals surface area contributed by atoms with E-state index < -0.39 is 0 Å². The maximum Gasteiger partial charge on any atom is 0.161 e. The first-order valence-corrected chi connectivity index (χ1v) is 10.1. The van der Waals surface area contributed by atoms with Gasteiger partial charge in [0.1, 0.15) is 5.82 Å².